The van der Waals surface area contributed by atoms with Gasteiger partial charge in [0.25, 0.3) is 0 Å². The lowest BCUT2D eigenvalue weighted by Gasteiger charge is -2.20. The summed E-state index contributed by atoms with van der Waals surface area (Å²) in [4.78, 5) is 16.1. The van der Waals surface area contributed by atoms with Crippen LogP contribution in [0.25, 0.3) is 10.6 Å². The van der Waals surface area contributed by atoms with Crippen molar-refractivity contribution in [2.45, 2.75) is 33.3 Å². The highest BCUT2D eigenvalue weighted by molar-refractivity contribution is 7.13. The second kappa shape index (κ2) is 8.16. The Morgan fingerprint density at radius 2 is 1.96 bits per heavy atom. The molecule has 0 aliphatic heterocycles. The van der Waals surface area contributed by atoms with Crippen molar-refractivity contribution in [3.8, 4) is 16.3 Å². The Kier molecular flexibility index (Phi) is 6.20. The molecule has 0 aliphatic carbocycles. The van der Waals surface area contributed by atoms with Gasteiger partial charge in [0, 0.05) is 23.2 Å². The predicted octanol–water partition coefficient (Wildman–Crippen LogP) is 4.58. The van der Waals surface area contributed by atoms with Crippen LogP contribution < -0.4 is 10.1 Å². The molecule has 1 amide bonds. The van der Waals surface area contributed by atoms with Crippen molar-refractivity contribution in [3.05, 3.63) is 47.5 Å². The minimum atomic E-state index is -0.514. The van der Waals surface area contributed by atoms with Crippen LogP contribution in [0.5, 0.6) is 5.75 Å². The molecule has 0 unspecified atom stereocenters. The van der Waals surface area contributed by atoms with Gasteiger partial charge in [-0.1, -0.05) is 6.58 Å². The molecule has 1 aromatic heterocycles. The number of nitrogens with zero attached hydrogens (tertiary/aromatic N) is 1. The summed E-state index contributed by atoms with van der Waals surface area (Å²) in [5, 5.41) is 5.69. The first-order chi connectivity index (χ1) is 11.7. The molecule has 0 fully saturated rings. The van der Waals surface area contributed by atoms with Gasteiger partial charge >= 0.3 is 6.09 Å². The number of aromatic nitrogens is 1. The normalized spacial score (nSPS) is 11.0. The topological polar surface area (TPSA) is 60.5 Å². The molecule has 0 radical (unpaired) electrons. The van der Waals surface area contributed by atoms with Crippen LogP contribution in [0.3, 0.4) is 0 Å². The van der Waals surface area contributed by atoms with E-state index in [9.17, 15) is 4.79 Å². The molecule has 1 N–H and O–H groups in total. The van der Waals surface area contributed by atoms with Gasteiger partial charge < -0.3 is 14.8 Å². The molecule has 0 saturated heterocycles. The van der Waals surface area contributed by atoms with E-state index in [-0.39, 0.29) is 0 Å². The monoisotopic (exact) mass is 360 g/mol. The van der Waals surface area contributed by atoms with Gasteiger partial charge in [-0.25, -0.2) is 9.78 Å². The van der Waals surface area contributed by atoms with Crippen LogP contribution in [0.2, 0.25) is 0 Å². The van der Waals surface area contributed by atoms with Gasteiger partial charge in [0.2, 0.25) is 0 Å². The summed E-state index contributed by atoms with van der Waals surface area (Å²) in [6.07, 6.45) is -0.461. The number of carbonyl (C=O) groups is 1. The molecule has 0 bridgehead atoms. The van der Waals surface area contributed by atoms with Crippen molar-refractivity contribution >= 4 is 17.4 Å². The Balaban J connectivity index is 1.77. The Hall–Kier alpha value is -2.34. The van der Waals surface area contributed by atoms with Gasteiger partial charge in [0.1, 0.15) is 23.0 Å². The Bertz CT molecular complexity index is 730. The maximum Gasteiger partial charge on any atom is 0.407 e. The quantitative estimate of drug-likeness (QED) is 0.766. The molecule has 25 heavy (non-hydrogen) atoms. The van der Waals surface area contributed by atoms with E-state index in [1.54, 1.807) is 11.3 Å². The third-order valence-electron chi connectivity index (χ3n) is 3.04. The first kappa shape index (κ1) is 19.0. The third kappa shape index (κ3) is 6.58. The van der Waals surface area contributed by atoms with Crippen LogP contribution in [0.15, 0.2) is 41.8 Å². The molecule has 2 rings (SSSR count). The molecule has 2 aromatic rings. The van der Waals surface area contributed by atoms with Gasteiger partial charge in [0.15, 0.2) is 0 Å². The van der Waals surface area contributed by atoms with E-state index in [2.05, 4.69) is 16.9 Å². The molecule has 0 saturated carbocycles. The first-order valence-corrected chi connectivity index (χ1v) is 8.90. The molecule has 0 spiro atoms. The number of hydrogen-bond donors (Lipinski definition) is 1. The first-order valence-electron chi connectivity index (χ1n) is 8.02. The van der Waals surface area contributed by atoms with Crippen LogP contribution in [-0.4, -0.2) is 29.8 Å². The number of rotatable bonds is 6. The highest BCUT2D eigenvalue weighted by Gasteiger charge is 2.15. The van der Waals surface area contributed by atoms with Crippen molar-refractivity contribution in [2.75, 3.05) is 13.2 Å². The third-order valence-corrected chi connectivity index (χ3v) is 4.05. The lowest BCUT2D eigenvalue weighted by Crippen LogP contribution is -2.34. The minimum Gasteiger partial charge on any atom is -0.489 e. The predicted molar refractivity (Wildman–Crippen MR) is 101 cm³/mol. The number of ether oxygens (including phenoxy) is 2. The summed E-state index contributed by atoms with van der Waals surface area (Å²) < 4.78 is 10.9. The Morgan fingerprint density at radius 1 is 1.28 bits per heavy atom. The lowest BCUT2D eigenvalue weighted by atomic mass is 10.2. The summed E-state index contributed by atoms with van der Waals surface area (Å²) in [6.45, 7) is 12.0. The Morgan fingerprint density at radius 3 is 2.52 bits per heavy atom. The van der Waals surface area contributed by atoms with Gasteiger partial charge in [-0.3, -0.25) is 0 Å². The van der Waals surface area contributed by atoms with E-state index in [4.69, 9.17) is 9.47 Å². The van der Waals surface area contributed by atoms with Gasteiger partial charge in [0.05, 0.1) is 0 Å². The molecule has 1 aromatic carbocycles. The summed E-state index contributed by atoms with van der Waals surface area (Å²) in [5.74, 6) is 0.746. The van der Waals surface area contributed by atoms with E-state index in [0.717, 1.165) is 27.6 Å². The van der Waals surface area contributed by atoms with Crippen molar-refractivity contribution in [3.63, 3.8) is 0 Å². The highest BCUT2D eigenvalue weighted by atomic mass is 32.1. The van der Waals surface area contributed by atoms with Crippen LogP contribution in [-0.2, 0) is 4.74 Å². The second-order valence-corrected chi connectivity index (χ2v) is 7.57. The smallest absolute Gasteiger partial charge is 0.407 e. The van der Waals surface area contributed by atoms with Crippen molar-refractivity contribution in [1.82, 2.24) is 10.3 Å². The summed E-state index contributed by atoms with van der Waals surface area (Å²) in [5.41, 5.74) is 2.33. The highest BCUT2D eigenvalue weighted by Crippen LogP contribution is 2.25. The number of aryl methyl sites for hydroxylation is 1. The van der Waals surface area contributed by atoms with Crippen LogP contribution in [0.4, 0.5) is 4.79 Å². The van der Waals surface area contributed by atoms with Crippen LogP contribution >= 0.6 is 11.3 Å². The largest absolute Gasteiger partial charge is 0.489 e. The number of hydrogen-bond acceptors (Lipinski definition) is 5. The minimum absolute atomic E-state index is 0.311. The fraction of sp³-hybridized carbons (Fsp3) is 0.368. The molecule has 6 heteroatoms. The SMILES string of the molecule is C=C(CNC(=O)OC(C)(C)C)COc1ccc(-c2nc(C)cs2)cc1. The van der Waals surface area contributed by atoms with E-state index >= 15 is 0 Å². The van der Waals surface area contributed by atoms with E-state index < -0.39 is 11.7 Å². The van der Waals surface area contributed by atoms with Crippen molar-refractivity contribution in [1.29, 1.82) is 0 Å². The number of thiazole rings is 1. The molecular formula is C19H24N2O3S. The number of amides is 1. The Labute approximate surface area is 152 Å². The lowest BCUT2D eigenvalue weighted by molar-refractivity contribution is 0.0532. The van der Waals surface area contributed by atoms with Crippen LogP contribution in [0.1, 0.15) is 26.5 Å². The van der Waals surface area contributed by atoms with Crippen LogP contribution in [0, 0.1) is 6.92 Å². The van der Waals surface area contributed by atoms with Crippen molar-refractivity contribution in [2.24, 2.45) is 0 Å². The zero-order valence-corrected chi connectivity index (χ0v) is 15.9. The summed E-state index contributed by atoms with van der Waals surface area (Å²) in [6, 6.07) is 7.77. The van der Waals surface area contributed by atoms with Gasteiger partial charge in [-0.05, 0) is 57.5 Å². The summed E-state index contributed by atoms with van der Waals surface area (Å²) >= 11 is 1.62. The molecule has 0 atom stereocenters. The van der Waals surface area contributed by atoms with E-state index in [1.807, 2.05) is 57.3 Å². The molecule has 5 nitrogen and oxygen atoms in total. The maximum absolute atomic E-state index is 11.6. The number of alkyl carbamates (subject to hydrolysis) is 1. The fourth-order valence-electron chi connectivity index (χ4n) is 1.93. The number of nitrogens with one attached hydrogen (secondary N) is 1. The second-order valence-electron chi connectivity index (χ2n) is 6.71. The molecule has 0 aliphatic rings. The fourth-order valence-corrected chi connectivity index (χ4v) is 2.73. The van der Waals surface area contributed by atoms with Gasteiger partial charge in [-0.15, -0.1) is 11.3 Å². The maximum atomic E-state index is 11.6. The zero-order valence-electron chi connectivity index (χ0n) is 15.1. The number of benzene rings is 1. The zero-order chi connectivity index (χ0) is 18.4. The van der Waals surface area contributed by atoms with Crippen molar-refractivity contribution < 1.29 is 14.3 Å². The standard InChI is InChI=1S/C19H24N2O3S/c1-13(10-20-18(22)24-19(3,4)5)11-23-16-8-6-15(7-9-16)17-21-14(2)12-25-17/h6-9,12H,1,10-11H2,2-5H3,(H,20,22). The summed E-state index contributed by atoms with van der Waals surface area (Å²) in [7, 11) is 0. The van der Waals surface area contributed by atoms with E-state index in [0.29, 0.717) is 13.2 Å². The number of carbonyl (C=O) groups excluding carboxylic acids is 1. The molecule has 1 heterocycles. The molecule has 134 valence electrons. The molecular weight excluding hydrogens is 336 g/mol. The van der Waals surface area contributed by atoms with E-state index in [1.165, 1.54) is 0 Å². The van der Waals surface area contributed by atoms with Gasteiger partial charge in [-0.2, -0.15) is 0 Å². The average molecular weight is 360 g/mol. The average Bonchev–Trinajstić information content (AvgIpc) is 2.96.